The number of hydrogen-bond donors (Lipinski definition) is 0. The molecule has 0 radical (unpaired) electrons. The summed E-state index contributed by atoms with van der Waals surface area (Å²) in [5, 5.41) is -1.79. The Balaban J connectivity index is 1.27. The molecule has 3 heteroatoms. The summed E-state index contributed by atoms with van der Waals surface area (Å²) in [7, 11) is 0. The Kier molecular flexibility index (Phi) is 3.81. The van der Waals surface area contributed by atoms with E-state index >= 15 is 0 Å². The van der Waals surface area contributed by atoms with Crippen LogP contribution in [0.4, 0.5) is 0 Å². The second-order valence-electron chi connectivity index (χ2n) is 13.3. The molecule has 0 spiro atoms. The fraction of sp³-hybridized carbons (Fsp3) is 0. The second-order valence-corrected chi connectivity index (χ2v) is 13.3. The van der Waals surface area contributed by atoms with Gasteiger partial charge < -0.3 is 13.7 Å². The van der Waals surface area contributed by atoms with E-state index in [4.69, 9.17) is 11.0 Å². The molecular formula is C54H35N3. The molecule has 0 bridgehead atoms. The highest BCUT2D eigenvalue weighted by Gasteiger charge is 2.19. The van der Waals surface area contributed by atoms with Crippen molar-refractivity contribution in [3.8, 4) is 39.3 Å². The molecule has 0 atom stereocenters. The van der Waals surface area contributed by atoms with Crippen LogP contribution in [0.2, 0.25) is 0 Å². The molecule has 3 aromatic heterocycles. The summed E-state index contributed by atoms with van der Waals surface area (Å²) in [6, 6.07) is 9.41. The minimum atomic E-state index is -0.874. The largest absolute Gasteiger partial charge is 0.309 e. The van der Waals surface area contributed by atoms with Crippen LogP contribution < -0.4 is 0 Å². The number of nitrogens with zero attached hydrogens (tertiary/aromatic N) is 3. The van der Waals surface area contributed by atoms with E-state index in [2.05, 4.69) is 0 Å². The fourth-order valence-electron chi connectivity index (χ4n) is 7.72. The van der Waals surface area contributed by atoms with Crippen molar-refractivity contribution in [1.82, 2.24) is 13.7 Å². The van der Waals surface area contributed by atoms with Gasteiger partial charge in [0.1, 0.15) is 0 Å². The van der Waals surface area contributed by atoms with Gasteiger partial charge in [0.2, 0.25) is 0 Å². The molecule has 3 heterocycles. The zero-order valence-electron chi connectivity index (χ0n) is 50.4. The molecule has 9 aromatic carbocycles. The summed E-state index contributed by atoms with van der Waals surface area (Å²) in [5.74, 6) is 0. The average molecular weight is 747 g/mol. The van der Waals surface area contributed by atoms with Gasteiger partial charge in [0, 0.05) is 49.3 Å². The van der Waals surface area contributed by atoms with Crippen molar-refractivity contribution in [3.63, 3.8) is 0 Å². The Morgan fingerprint density at radius 2 is 0.772 bits per heavy atom. The van der Waals surface area contributed by atoms with Gasteiger partial charge in [-0.05, 0) is 89.3 Å². The molecule has 0 saturated heterocycles. The molecule has 0 amide bonds. The third kappa shape index (κ3) is 4.79. The maximum Gasteiger partial charge on any atom is 0.0667 e. The molecule has 12 aromatic rings. The van der Waals surface area contributed by atoms with Crippen molar-refractivity contribution < 1.29 is 28.8 Å². The highest BCUT2D eigenvalue weighted by Crippen LogP contribution is 2.41. The normalized spacial score (nSPS) is 17.0. The topological polar surface area (TPSA) is 14.8 Å². The molecule has 0 saturated carbocycles. The van der Waals surface area contributed by atoms with E-state index < -0.39 is 166 Å². The molecule has 0 aliphatic heterocycles. The Bertz CT molecular complexity index is 4740. The lowest BCUT2D eigenvalue weighted by atomic mass is 10.0. The Hall–Kier alpha value is -7.62. The van der Waals surface area contributed by atoms with Gasteiger partial charge in [0.05, 0.1) is 67.6 Å². The van der Waals surface area contributed by atoms with Crippen molar-refractivity contribution in [1.29, 1.82) is 0 Å². The van der Waals surface area contributed by atoms with Crippen molar-refractivity contribution in [2.24, 2.45) is 0 Å². The van der Waals surface area contributed by atoms with Crippen LogP contribution in [-0.2, 0) is 0 Å². The number of benzene rings is 9. The van der Waals surface area contributed by atoms with Gasteiger partial charge in [-0.1, -0.05) is 139 Å². The quantitative estimate of drug-likeness (QED) is 0.167. The van der Waals surface area contributed by atoms with Crippen molar-refractivity contribution in [3.05, 3.63) is 212 Å². The molecule has 12 rings (SSSR count). The lowest BCUT2D eigenvalue weighted by Crippen LogP contribution is -1.98. The SMILES string of the molecule is [2H]c1c([2H])c([2H])c2c(c1[2H])c1c([2H])c(-c3c([2H])c([2H])c4c(c3[2H])c3c([2H])c([2H])c([2H])c([2H])c3n4-c3c([2H])c([2H])c4c5c([2H])c([2H])c([2H])c([2H])c5n(-c5ccccc5-c5ccccc5)c4c3[2H])c([2H])c([2H])c1n2-c1ccccc1. The molecule has 57 heavy (non-hydrogen) atoms. The van der Waals surface area contributed by atoms with Gasteiger partial charge in [-0.2, -0.15) is 0 Å². The summed E-state index contributed by atoms with van der Waals surface area (Å²) in [6.45, 7) is 0. The van der Waals surface area contributed by atoms with Crippen molar-refractivity contribution in [2.45, 2.75) is 0 Å². The summed E-state index contributed by atoms with van der Waals surface area (Å²) in [4.78, 5) is 0. The van der Waals surface area contributed by atoms with E-state index in [0.29, 0.717) is 16.8 Å². The third-order valence-corrected chi connectivity index (χ3v) is 10.2. The summed E-state index contributed by atoms with van der Waals surface area (Å²) in [6.07, 6.45) is 0. The monoisotopic (exact) mass is 746 g/mol. The smallest absolute Gasteiger partial charge is 0.0667 e. The van der Waals surface area contributed by atoms with Crippen LogP contribution in [0, 0.1) is 0 Å². The number of para-hydroxylation sites is 5. The minimum absolute atomic E-state index is 0.127. The maximum atomic E-state index is 10.2. The van der Waals surface area contributed by atoms with Crippen LogP contribution in [0.1, 0.15) is 28.8 Å². The van der Waals surface area contributed by atoms with E-state index in [-0.39, 0.29) is 49.3 Å². The van der Waals surface area contributed by atoms with Gasteiger partial charge in [-0.25, -0.2) is 0 Å². The summed E-state index contributed by atoms with van der Waals surface area (Å²) >= 11 is 0. The number of aromatic nitrogens is 3. The van der Waals surface area contributed by atoms with Crippen molar-refractivity contribution >= 4 is 65.4 Å². The summed E-state index contributed by atoms with van der Waals surface area (Å²) < 4.78 is 200. The first-order chi connectivity index (χ1) is 37.1. The number of hydrogen-bond acceptors (Lipinski definition) is 0. The molecule has 0 aliphatic carbocycles. The molecule has 3 nitrogen and oxygen atoms in total. The molecular weight excluding hydrogens is 691 g/mol. The minimum Gasteiger partial charge on any atom is -0.309 e. The van der Waals surface area contributed by atoms with Crippen LogP contribution in [-0.4, -0.2) is 13.7 Å². The van der Waals surface area contributed by atoms with Crippen molar-refractivity contribution in [2.75, 3.05) is 0 Å². The van der Waals surface area contributed by atoms with E-state index in [9.17, 15) is 17.8 Å². The van der Waals surface area contributed by atoms with Crippen LogP contribution in [0.3, 0.4) is 0 Å². The zero-order valence-corrected chi connectivity index (χ0v) is 29.4. The highest BCUT2D eigenvalue weighted by molar-refractivity contribution is 6.14. The summed E-state index contributed by atoms with van der Waals surface area (Å²) in [5.41, 5.74) is -1.70. The number of rotatable bonds is 5. The van der Waals surface area contributed by atoms with Crippen LogP contribution >= 0.6 is 0 Å². The van der Waals surface area contributed by atoms with Gasteiger partial charge >= 0.3 is 0 Å². The Morgan fingerprint density at radius 1 is 0.298 bits per heavy atom. The first-order valence-electron chi connectivity index (χ1n) is 28.4. The highest BCUT2D eigenvalue weighted by atomic mass is 15.0. The number of fused-ring (bicyclic) bond motifs is 9. The lowest BCUT2D eigenvalue weighted by Gasteiger charge is -2.15. The van der Waals surface area contributed by atoms with Gasteiger partial charge in [-0.3, -0.25) is 0 Å². The third-order valence-electron chi connectivity index (χ3n) is 10.2. The first kappa shape index (κ1) is 17.5. The van der Waals surface area contributed by atoms with E-state index in [1.807, 2.05) is 0 Å². The second kappa shape index (κ2) is 12.5. The average Bonchev–Trinajstić information content (AvgIpc) is 4.24. The molecule has 0 unspecified atom stereocenters. The van der Waals surface area contributed by atoms with Gasteiger partial charge in [0.25, 0.3) is 0 Å². The van der Waals surface area contributed by atoms with Crippen LogP contribution in [0.25, 0.3) is 105 Å². The van der Waals surface area contributed by atoms with E-state index in [0.717, 1.165) is 4.57 Å². The fourth-order valence-corrected chi connectivity index (χ4v) is 7.72. The molecule has 266 valence electrons. The Morgan fingerprint density at radius 3 is 1.40 bits per heavy atom. The predicted molar refractivity (Wildman–Crippen MR) is 240 cm³/mol. The molecule has 0 aliphatic rings. The molecule has 0 fully saturated rings. The van der Waals surface area contributed by atoms with Crippen LogP contribution in [0.15, 0.2) is 212 Å². The standard InChI is InChI=1S/C54H35N3/c1-3-15-36(16-4-1)41-19-7-11-23-48(41)57-51-26-14-8-20-42(51)45-30-29-40(35-54(45)57)56-50-25-13-10-22-44(50)47-34-38(28-32-53(47)56)37-27-31-52-46(33-37)43-21-9-12-24-49(43)55(52)39-17-5-2-6-18-39/h1-35H/i8D,9D,10D,12D,13D,14D,20D,21D,22D,24D,25D,26D,27D,28D,29D,30D,31D,32D,33D,34D,35D. The Labute approximate surface area is 359 Å². The van der Waals surface area contributed by atoms with Gasteiger partial charge in [-0.15, -0.1) is 0 Å². The predicted octanol–water partition coefficient (Wildman–Crippen LogP) is 14.3. The van der Waals surface area contributed by atoms with Gasteiger partial charge in [0.15, 0.2) is 0 Å². The lowest BCUT2D eigenvalue weighted by molar-refractivity contribution is 1.16. The van der Waals surface area contributed by atoms with Crippen LogP contribution in [0.5, 0.6) is 0 Å². The van der Waals surface area contributed by atoms with E-state index in [1.54, 1.807) is 84.9 Å². The molecule has 0 N–H and O–H groups in total. The maximum absolute atomic E-state index is 10.2. The van der Waals surface area contributed by atoms with E-state index in [1.165, 1.54) is 9.13 Å². The first-order valence-corrected chi connectivity index (χ1v) is 17.9. The zero-order chi connectivity index (χ0) is 55.7.